The van der Waals surface area contributed by atoms with Gasteiger partial charge in [0.25, 0.3) is 0 Å². The Kier molecular flexibility index (Phi) is 3.75. The fourth-order valence-corrected chi connectivity index (χ4v) is 3.93. The molecule has 0 spiro atoms. The molecule has 0 radical (unpaired) electrons. The van der Waals surface area contributed by atoms with Crippen LogP contribution >= 0.6 is 0 Å². The first-order valence-electron chi connectivity index (χ1n) is 8.75. The zero-order chi connectivity index (χ0) is 16.6. The molecule has 1 saturated heterocycles. The topological polar surface area (TPSA) is 45.2 Å². The summed E-state index contributed by atoms with van der Waals surface area (Å²) in [5.41, 5.74) is 2.08. The van der Waals surface area contributed by atoms with Crippen LogP contribution in [0.25, 0.3) is 0 Å². The van der Waals surface area contributed by atoms with E-state index in [2.05, 4.69) is 33.4 Å². The molecule has 1 aliphatic carbocycles. The molecule has 1 aromatic carbocycles. The van der Waals surface area contributed by atoms with Crippen LogP contribution in [0.3, 0.4) is 0 Å². The minimum Gasteiger partial charge on any atom is -0.373 e. The lowest BCUT2D eigenvalue weighted by Crippen LogP contribution is -2.38. The van der Waals surface area contributed by atoms with Crippen LogP contribution in [0.1, 0.15) is 42.9 Å². The number of aromatic nitrogens is 1. The van der Waals surface area contributed by atoms with Crippen molar-refractivity contribution in [2.45, 2.75) is 37.1 Å². The number of anilines is 1. The molecule has 2 heterocycles. The van der Waals surface area contributed by atoms with Crippen molar-refractivity contribution in [2.75, 3.05) is 18.9 Å². The first-order chi connectivity index (χ1) is 11.7. The highest BCUT2D eigenvalue weighted by molar-refractivity contribution is 5.91. The lowest BCUT2D eigenvalue weighted by Gasteiger charge is -2.29. The number of rotatable bonds is 4. The van der Waals surface area contributed by atoms with Gasteiger partial charge in [-0.15, -0.1) is 0 Å². The number of carbonyl (C=O) groups is 1. The van der Waals surface area contributed by atoms with Crippen LogP contribution in [-0.4, -0.2) is 29.4 Å². The first-order valence-corrected chi connectivity index (χ1v) is 8.75. The SMILES string of the molecule is CNc1cc([C@@H]2CCCN2C(=O)C2(c3ccccc3)CC2)ccn1. The molecule has 1 saturated carbocycles. The highest BCUT2D eigenvalue weighted by Gasteiger charge is 2.54. The highest BCUT2D eigenvalue weighted by atomic mass is 16.2. The average molecular weight is 321 g/mol. The number of hydrogen-bond acceptors (Lipinski definition) is 3. The Morgan fingerprint density at radius 1 is 1.25 bits per heavy atom. The van der Waals surface area contributed by atoms with Gasteiger partial charge in [-0.2, -0.15) is 0 Å². The van der Waals surface area contributed by atoms with E-state index in [4.69, 9.17) is 0 Å². The summed E-state index contributed by atoms with van der Waals surface area (Å²) in [5.74, 6) is 1.16. The maximum atomic E-state index is 13.4. The quantitative estimate of drug-likeness (QED) is 0.937. The first kappa shape index (κ1) is 15.2. The molecule has 24 heavy (non-hydrogen) atoms. The van der Waals surface area contributed by atoms with Gasteiger partial charge in [-0.05, 0) is 48.9 Å². The van der Waals surface area contributed by atoms with E-state index in [9.17, 15) is 4.79 Å². The van der Waals surface area contributed by atoms with Gasteiger partial charge in [0.05, 0.1) is 11.5 Å². The zero-order valence-electron chi connectivity index (χ0n) is 14.0. The van der Waals surface area contributed by atoms with Gasteiger partial charge in [0.2, 0.25) is 5.91 Å². The Morgan fingerprint density at radius 3 is 2.75 bits per heavy atom. The lowest BCUT2D eigenvalue weighted by molar-refractivity contribution is -0.135. The standard InChI is InChI=1S/C20H23N3O/c1-21-18-14-15(9-12-22-18)17-8-5-13-23(17)19(24)20(10-11-20)16-6-3-2-4-7-16/h2-4,6-7,9,12,14,17H,5,8,10-11,13H2,1H3,(H,21,22)/t17-/m0/s1. The Bertz CT molecular complexity index is 740. The maximum absolute atomic E-state index is 13.4. The van der Waals surface area contributed by atoms with E-state index in [0.29, 0.717) is 5.91 Å². The highest BCUT2D eigenvalue weighted by Crippen LogP contribution is 2.51. The van der Waals surface area contributed by atoms with E-state index in [1.165, 1.54) is 11.1 Å². The molecule has 1 atom stereocenters. The second-order valence-electron chi connectivity index (χ2n) is 6.83. The Labute approximate surface area is 142 Å². The van der Waals surface area contributed by atoms with Gasteiger partial charge in [0.15, 0.2) is 0 Å². The summed E-state index contributed by atoms with van der Waals surface area (Å²) in [5, 5.41) is 3.09. The molecule has 2 fully saturated rings. The van der Waals surface area contributed by atoms with Crippen molar-refractivity contribution >= 4 is 11.7 Å². The molecule has 124 valence electrons. The van der Waals surface area contributed by atoms with Gasteiger partial charge in [0, 0.05) is 19.8 Å². The van der Waals surface area contributed by atoms with E-state index in [1.54, 1.807) is 0 Å². The van der Waals surface area contributed by atoms with Crippen LogP contribution in [0.2, 0.25) is 0 Å². The summed E-state index contributed by atoms with van der Waals surface area (Å²) in [4.78, 5) is 19.8. The Balaban J connectivity index is 1.62. The van der Waals surface area contributed by atoms with Gasteiger partial charge in [-0.25, -0.2) is 4.98 Å². The number of benzene rings is 1. The summed E-state index contributed by atoms with van der Waals surface area (Å²) in [6, 6.07) is 14.6. The zero-order valence-corrected chi connectivity index (χ0v) is 14.0. The molecule has 4 nitrogen and oxygen atoms in total. The second-order valence-corrected chi connectivity index (χ2v) is 6.83. The molecular formula is C20H23N3O. The summed E-state index contributed by atoms with van der Waals surface area (Å²) in [7, 11) is 1.87. The summed E-state index contributed by atoms with van der Waals surface area (Å²) < 4.78 is 0. The van der Waals surface area contributed by atoms with Gasteiger partial charge >= 0.3 is 0 Å². The van der Waals surface area contributed by atoms with Crippen LogP contribution in [0.4, 0.5) is 5.82 Å². The number of hydrogen-bond donors (Lipinski definition) is 1. The summed E-state index contributed by atoms with van der Waals surface area (Å²) in [6.07, 6.45) is 5.86. The Morgan fingerprint density at radius 2 is 2.04 bits per heavy atom. The van der Waals surface area contributed by atoms with E-state index in [-0.39, 0.29) is 11.5 Å². The van der Waals surface area contributed by atoms with Gasteiger partial charge < -0.3 is 10.2 Å². The summed E-state index contributed by atoms with van der Waals surface area (Å²) >= 11 is 0. The number of pyridine rings is 1. The van der Waals surface area contributed by atoms with Gasteiger partial charge in [0.1, 0.15) is 5.82 Å². The molecular weight excluding hydrogens is 298 g/mol. The average Bonchev–Trinajstić information content (AvgIpc) is 3.32. The van der Waals surface area contributed by atoms with Crippen molar-refractivity contribution in [1.29, 1.82) is 0 Å². The third-order valence-corrected chi connectivity index (χ3v) is 5.42. The fraction of sp³-hybridized carbons (Fsp3) is 0.400. The number of carbonyl (C=O) groups excluding carboxylic acids is 1. The van der Waals surface area contributed by atoms with E-state index in [0.717, 1.165) is 38.0 Å². The molecule has 1 aliphatic heterocycles. The van der Waals surface area contributed by atoms with Crippen molar-refractivity contribution in [3.63, 3.8) is 0 Å². The molecule has 4 heteroatoms. The van der Waals surface area contributed by atoms with E-state index < -0.39 is 0 Å². The minimum atomic E-state index is -0.275. The minimum absolute atomic E-state index is 0.175. The Hall–Kier alpha value is -2.36. The molecule has 1 amide bonds. The summed E-state index contributed by atoms with van der Waals surface area (Å²) in [6.45, 7) is 0.856. The largest absolute Gasteiger partial charge is 0.373 e. The number of nitrogens with one attached hydrogen (secondary N) is 1. The second kappa shape index (κ2) is 5.93. The number of likely N-dealkylation sites (tertiary alicyclic amines) is 1. The van der Waals surface area contributed by atoms with E-state index in [1.807, 2.05) is 37.5 Å². The van der Waals surface area contributed by atoms with Crippen molar-refractivity contribution < 1.29 is 4.79 Å². The van der Waals surface area contributed by atoms with Crippen molar-refractivity contribution in [2.24, 2.45) is 0 Å². The predicted molar refractivity (Wildman–Crippen MR) is 94.8 cm³/mol. The van der Waals surface area contributed by atoms with Crippen LogP contribution in [0.15, 0.2) is 48.7 Å². The molecule has 1 aromatic heterocycles. The molecule has 2 aliphatic rings. The third kappa shape index (κ3) is 2.46. The van der Waals surface area contributed by atoms with Crippen LogP contribution in [0, 0.1) is 0 Å². The monoisotopic (exact) mass is 321 g/mol. The third-order valence-electron chi connectivity index (χ3n) is 5.42. The normalized spacial score (nSPS) is 21.5. The van der Waals surface area contributed by atoms with Crippen LogP contribution in [-0.2, 0) is 10.2 Å². The molecule has 0 unspecified atom stereocenters. The van der Waals surface area contributed by atoms with Crippen molar-refractivity contribution in [1.82, 2.24) is 9.88 Å². The van der Waals surface area contributed by atoms with Gasteiger partial charge in [-0.3, -0.25) is 4.79 Å². The maximum Gasteiger partial charge on any atom is 0.233 e. The molecule has 1 N–H and O–H groups in total. The van der Waals surface area contributed by atoms with E-state index >= 15 is 0 Å². The molecule has 0 bridgehead atoms. The predicted octanol–water partition coefficient (Wildman–Crippen LogP) is 3.52. The van der Waals surface area contributed by atoms with Crippen molar-refractivity contribution in [3.8, 4) is 0 Å². The lowest BCUT2D eigenvalue weighted by atomic mass is 9.93. The molecule has 2 aromatic rings. The fourth-order valence-electron chi connectivity index (χ4n) is 3.93. The smallest absolute Gasteiger partial charge is 0.233 e. The van der Waals surface area contributed by atoms with Crippen LogP contribution < -0.4 is 5.32 Å². The van der Waals surface area contributed by atoms with Crippen molar-refractivity contribution in [3.05, 3.63) is 59.8 Å². The van der Waals surface area contributed by atoms with Crippen LogP contribution in [0.5, 0.6) is 0 Å². The number of amides is 1. The molecule has 4 rings (SSSR count). The van der Waals surface area contributed by atoms with Gasteiger partial charge in [-0.1, -0.05) is 30.3 Å². The number of nitrogens with zero attached hydrogens (tertiary/aromatic N) is 2.